The lowest BCUT2D eigenvalue weighted by Crippen LogP contribution is -2.40. The third-order valence-electron chi connectivity index (χ3n) is 7.49. The molecule has 190 valence electrons. The van der Waals surface area contributed by atoms with Gasteiger partial charge in [0.15, 0.2) is 5.78 Å². The summed E-state index contributed by atoms with van der Waals surface area (Å²) < 4.78 is 0. The van der Waals surface area contributed by atoms with Crippen LogP contribution in [0.25, 0.3) is 0 Å². The molecule has 1 N–H and O–H groups in total. The number of para-hydroxylation sites is 2. The number of pyridine rings is 1. The van der Waals surface area contributed by atoms with Crippen molar-refractivity contribution in [3.63, 3.8) is 0 Å². The minimum absolute atomic E-state index is 0.0162. The first-order chi connectivity index (χ1) is 17.6. The fraction of sp³-hybridized carbons (Fsp3) is 0.344. The monoisotopic (exact) mass is 493 g/mol. The maximum atomic E-state index is 14.0. The summed E-state index contributed by atoms with van der Waals surface area (Å²) in [4.78, 5) is 33.8. The SMILES string of the molecule is CC(C)C(=O)N1c2ccccc2NC2=C(C(=O)C[C@@H](c3ccc(C(C)(C)C)cc3)C2)[C@H]1c1ccncc1. The molecule has 2 aromatic carbocycles. The minimum atomic E-state index is -0.513. The number of allylic oxidation sites excluding steroid dienone is 1. The first-order valence-corrected chi connectivity index (χ1v) is 13.1. The number of anilines is 2. The Morgan fingerprint density at radius 3 is 2.27 bits per heavy atom. The van der Waals surface area contributed by atoms with Gasteiger partial charge in [-0.15, -0.1) is 0 Å². The Morgan fingerprint density at radius 2 is 1.62 bits per heavy atom. The van der Waals surface area contributed by atoms with Crippen molar-refractivity contribution in [3.8, 4) is 0 Å². The van der Waals surface area contributed by atoms with E-state index in [2.05, 4.69) is 55.3 Å². The lowest BCUT2D eigenvalue weighted by molar-refractivity contribution is -0.121. The number of aromatic nitrogens is 1. The zero-order chi connectivity index (χ0) is 26.3. The van der Waals surface area contributed by atoms with Gasteiger partial charge in [-0.25, -0.2) is 0 Å². The van der Waals surface area contributed by atoms with Crippen LogP contribution in [0.4, 0.5) is 11.4 Å². The summed E-state index contributed by atoms with van der Waals surface area (Å²) in [6, 6.07) is 19.9. The average Bonchev–Trinajstić information content (AvgIpc) is 3.03. The fourth-order valence-corrected chi connectivity index (χ4v) is 5.46. The molecule has 2 aliphatic rings. The first-order valence-electron chi connectivity index (χ1n) is 13.1. The fourth-order valence-electron chi connectivity index (χ4n) is 5.46. The second-order valence-corrected chi connectivity index (χ2v) is 11.5. The number of fused-ring (bicyclic) bond motifs is 1. The Kier molecular flexibility index (Phi) is 6.49. The molecule has 0 fully saturated rings. The summed E-state index contributed by atoms with van der Waals surface area (Å²) in [5.41, 5.74) is 6.62. The highest BCUT2D eigenvalue weighted by molar-refractivity contribution is 6.06. The molecule has 5 rings (SSSR count). The van der Waals surface area contributed by atoms with Crippen LogP contribution in [0.2, 0.25) is 0 Å². The van der Waals surface area contributed by atoms with Gasteiger partial charge in [0.2, 0.25) is 5.91 Å². The van der Waals surface area contributed by atoms with Crippen molar-refractivity contribution in [3.05, 3.63) is 101 Å². The number of Topliss-reactive ketones (excluding diaryl/α,β-unsaturated/α-hetero) is 1. The highest BCUT2D eigenvalue weighted by Crippen LogP contribution is 2.47. The number of ketones is 1. The molecule has 1 amide bonds. The standard InChI is InChI=1S/C32H35N3O2/c1-20(2)31(37)35-27-9-7-6-8-25(27)34-26-18-23(21-10-12-24(13-11-21)32(3,4)5)19-28(36)29(26)30(35)22-14-16-33-17-15-22/h6-17,20,23,30,34H,18-19H2,1-5H3/t23-,30+/m0/s1. The number of hydrogen-bond donors (Lipinski definition) is 1. The van der Waals surface area contributed by atoms with Crippen molar-refractivity contribution >= 4 is 23.1 Å². The number of rotatable bonds is 3. The van der Waals surface area contributed by atoms with Crippen LogP contribution in [0, 0.1) is 5.92 Å². The van der Waals surface area contributed by atoms with Gasteiger partial charge in [0.05, 0.1) is 17.4 Å². The Labute approximate surface area is 219 Å². The molecule has 2 atom stereocenters. The van der Waals surface area contributed by atoms with Crippen molar-refractivity contribution in [2.75, 3.05) is 10.2 Å². The zero-order valence-electron chi connectivity index (χ0n) is 22.3. The van der Waals surface area contributed by atoms with E-state index in [1.807, 2.05) is 55.1 Å². The molecule has 1 aliphatic carbocycles. The van der Waals surface area contributed by atoms with E-state index in [1.54, 1.807) is 12.4 Å². The predicted octanol–water partition coefficient (Wildman–Crippen LogP) is 6.94. The van der Waals surface area contributed by atoms with E-state index in [9.17, 15) is 9.59 Å². The second kappa shape index (κ2) is 9.62. The Bertz CT molecular complexity index is 1350. The third-order valence-corrected chi connectivity index (χ3v) is 7.49. The molecule has 0 radical (unpaired) electrons. The first kappa shape index (κ1) is 24.9. The summed E-state index contributed by atoms with van der Waals surface area (Å²) in [7, 11) is 0. The van der Waals surface area contributed by atoms with Crippen LogP contribution in [-0.2, 0) is 15.0 Å². The van der Waals surface area contributed by atoms with Crippen molar-refractivity contribution in [2.24, 2.45) is 5.92 Å². The van der Waals surface area contributed by atoms with Crippen molar-refractivity contribution in [1.82, 2.24) is 4.98 Å². The van der Waals surface area contributed by atoms with Gasteiger partial charge in [-0.2, -0.15) is 0 Å². The van der Waals surface area contributed by atoms with Gasteiger partial charge < -0.3 is 5.32 Å². The van der Waals surface area contributed by atoms with Crippen LogP contribution in [0.3, 0.4) is 0 Å². The van der Waals surface area contributed by atoms with E-state index < -0.39 is 6.04 Å². The predicted molar refractivity (Wildman–Crippen MR) is 149 cm³/mol. The number of carbonyl (C=O) groups excluding carboxylic acids is 2. The van der Waals surface area contributed by atoms with Crippen molar-refractivity contribution < 1.29 is 9.59 Å². The number of nitrogens with one attached hydrogen (secondary N) is 1. The number of amides is 1. The molecule has 0 bridgehead atoms. The molecule has 2 heterocycles. The lowest BCUT2D eigenvalue weighted by Gasteiger charge is -2.36. The smallest absolute Gasteiger partial charge is 0.230 e. The van der Waals surface area contributed by atoms with E-state index in [4.69, 9.17) is 0 Å². The molecular weight excluding hydrogens is 458 g/mol. The molecule has 3 aromatic rings. The van der Waals surface area contributed by atoms with Gasteiger partial charge in [0.1, 0.15) is 0 Å². The van der Waals surface area contributed by atoms with Gasteiger partial charge >= 0.3 is 0 Å². The highest BCUT2D eigenvalue weighted by Gasteiger charge is 2.42. The number of benzene rings is 2. The Morgan fingerprint density at radius 1 is 0.946 bits per heavy atom. The van der Waals surface area contributed by atoms with Crippen molar-refractivity contribution in [1.29, 1.82) is 0 Å². The van der Waals surface area contributed by atoms with Crippen LogP contribution in [-0.4, -0.2) is 16.7 Å². The van der Waals surface area contributed by atoms with Gasteiger partial charge in [-0.3, -0.25) is 19.5 Å². The Hall–Kier alpha value is -3.73. The molecule has 1 aliphatic heterocycles. The number of hydrogen-bond acceptors (Lipinski definition) is 4. The molecule has 0 saturated carbocycles. The molecule has 0 unspecified atom stereocenters. The van der Waals surface area contributed by atoms with Gasteiger partial charge in [0.25, 0.3) is 0 Å². The topological polar surface area (TPSA) is 62.3 Å². The molecule has 5 heteroatoms. The maximum absolute atomic E-state index is 14.0. The minimum Gasteiger partial charge on any atom is -0.357 e. The normalized spacial score (nSPS) is 19.7. The summed E-state index contributed by atoms with van der Waals surface area (Å²) in [6.45, 7) is 10.4. The van der Waals surface area contributed by atoms with E-state index in [1.165, 1.54) is 11.1 Å². The van der Waals surface area contributed by atoms with Crippen LogP contribution in [0.15, 0.2) is 84.3 Å². The van der Waals surface area contributed by atoms with E-state index in [-0.39, 0.29) is 28.9 Å². The summed E-state index contributed by atoms with van der Waals surface area (Å²) in [5.74, 6) is -0.0926. The molecule has 0 spiro atoms. The average molecular weight is 494 g/mol. The van der Waals surface area contributed by atoms with Gasteiger partial charge in [-0.1, -0.05) is 71.0 Å². The van der Waals surface area contributed by atoms with Crippen LogP contribution in [0.5, 0.6) is 0 Å². The molecule has 0 saturated heterocycles. The molecular formula is C32H35N3O2. The van der Waals surface area contributed by atoms with E-state index in [0.29, 0.717) is 18.4 Å². The second-order valence-electron chi connectivity index (χ2n) is 11.5. The van der Waals surface area contributed by atoms with Gasteiger partial charge in [0, 0.05) is 36.0 Å². The Balaban J connectivity index is 1.64. The van der Waals surface area contributed by atoms with E-state index >= 15 is 0 Å². The highest BCUT2D eigenvalue weighted by atomic mass is 16.2. The summed E-state index contributed by atoms with van der Waals surface area (Å²) in [5, 5.41) is 3.60. The summed E-state index contributed by atoms with van der Waals surface area (Å²) in [6.07, 6.45) is 4.57. The lowest BCUT2D eigenvalue weighted by atomic mass is 9.77. The molecule has 1 aromatic heterocycles. The van der Waals surface area contributed by atoms with Crippen molar-refractivity contribution in [2.45, 2.75) is 64.8 Å². The molecule has 37 heavy (non-hydrogen) atoms. The van der Waals surface area contributed by atoms with Gasteiger partial charge in [-0.05, 0) is 58.7 Å². The van der Waals surface area contributed by atoms with Crippen LogP contribution < -0.4 is 10.2 Å². The number of nitrogens with zero attached hydrogens (tertiary/aromatic N) is 2. The van der Waals surface area contributed by atoms with Crippen LogP contribution in [0.1, 0.15) is 76.1 Å². The quantitative estimate of drug-likeness (QED) is 0.429. The van der Waals surface area contributed by atoms with E-state index in [0.717, 1.165) is 22.6 Å². The largest absolute Gasteiger partial charge is 0.357 e. The van der Waals surface area contributed by atoms with Crippen LogP contribution >= 0.6 is 0 Å². The summed E-state index contributed by atoms with van der Waals surface area (Å²) >= 11 is 0. The maximum Gasteiger partial charge on any atom is 0.230 e. The zero-order valence-corrected chi connectivity index (χ0v) is 22.3. The third kappa shape index (κ3) is 4.71. The molecule has 5 nitrogen and oxygen atoms in total. The number of carbonyl (C=O) groups is 2.